The van der Waals surface area contributed by atoms with Crippen molar-refractivity contribution in [2.45, 2.75) is 32.4 Å². The Morgan fingerprint density at radius 3 is 2.88 bits per heavy atom. The molecule has 0 aromatic carbocycles. The van der Waals surface area contributed by atoms with Crippen LogP contribution in [0.2, 0.25) is 0 Å². The Hall–Kier alpha value is -2.35. The molecule has 0 radical (unpaired) electrons. The molecule has 2 aromatic rings. The fourth-order valence-corrected chi connectivity index (χ4v) is 3.86. The van der Waals surface area contributed by atoms with Crippen LogP contribution in [0.4, 0.5) is 4.79 Å². The summed E-state index contributed by atoms with van der Waals surface area (Å²) in [4.78, 5) is 16.7. The number of H-pyrrole nitrogens is 1. The summed E-state index contributed by atoms with van der Waals surface area (Å²) in [6, 6.07) is 0.243. The summed E-state index contributed by atoms with van der Waals surface area (Å²) in [5.41, 5.74) is 3.22. The van der Waals surface area contributed by atoms with Gasteiger partial charge in [0.15, 0.2) is 0 Å². The topological polar surface area (TPSA) is 82.1 Å². The van der Waals surface area contributed by atoms with E-state index in [1.807, 2.05) is 31.9 Å². The van der Waals surface area contributed by atoms with Gasteiger partial charge in [-0.3, -0.25) is 14.7 Å². The Balaban J connectivity index is 1.61. The van der Waals surface area contributed by atoms with E-state index in [0.29, 0.717) is 18.5 Å². The highest BCUT2D eigenvalue weighted by Crippen LogP contribution is 2.35. The predicted molar refractivity (Wildman–Crippen MR) is 99.5 cm³/mol. The van der Waals surface area contributed by atoms with Gasteiger partial charge in [0, 0.05) is 56.2 Å². The van der Waals surface area contributed by atoms with E-state index in [4.69, 9.17) is 0 Å². The molecule has 0 bridgehead atoms. The van der Waals surface area contributed by atoms with E-state index >= 15 is 0 Å². The maximum Gasteiger partial charge on any atom is 0.317 e. The number of rotatable bonds is 5. The van der Waals surface area contributed by atoms with Crippen molar-refractivity contribution in [2.24, 2.45) is 13.0 Å². The van der Waals surface area contributed by atoms with Gasteiger partial charge in [-0.15, -0.1) is 0 Å². The van der Waals surface area contributed by atoms with Crippen molar-refractivity contribution in [3.8, 4) is 0 Å². The lowest BCUT2D eigenvalue weighted by Gasteiger charge is -2.40. The minimum absolute atomic E-state index is 0.0521. The second-order valence-corrected chi connectivity index (χ2v) is 7.33. The standard InChI is InChI=1S/C18H29N7O/c1-13-15(9-20-22-13)8-19-18(26)24(3)11-14-6-5-7-23(2)17(14)16-10-21-25(4)12-16/h9-10,12,14,17H,5-8,11H2,1-4H3,(H,19,26)(H,20,22)/t14-,17+/m0/s1. The molecular formula is C18H29N7O. The summed E-state index contributed by atoms with van der Waals surface area (Å²) >= 11 is 0. The van der Waals surface area contributed by atoms with Gasteiger partial charge in [0.25, 0.3) is 0 Å². The Morgan fingerprint density at radius 1 is 1.42 bits per heavy atom. The largest absolute Gasteiger partial charge is 0.334 e. The first-order valence-corrected chi connectivity index (χ1v) is 9.12. The first-order valence-electron chi connectivity index (χ1n) is 9.12. The second-order valence-electron chi connectivity index (χ2n) is 7.33. The molecule has 2 aromatic heterocycles. The number of hydrogen-bond donors (Lipinski definition) is 2. The van der Waals surface area contributed by atoms with Crippen LogP contribution >= 0.6 is 0 Å². The van der Waals surface area contributed by atoms with Gasteiger partial charge in [-0.05, 0) is 39.3 Å². The van der Waals surface area contributed by atoms with Crippen LogP contribution < -0.4 is 5.32 Å². The molecule has 0 spiro atoms. The third-order valence-electron chi connectivity index (χ3n) is 5.29. The molecular weight excluding hydrogens is 330 g/mol. The van der Waals surface area contributed by atoms with E-state index in [0.717, 1.165) is 37.2 Å². The Labute approximate surface area is 154 Å². The Kier molecular flexibility index (Phi) is 5.61. The van der Waals surface area contributed by atoms with Crippen molar-refractivity contribution in [1.82, 2.24) is 35.1 Å². The average Bonchev–Trinajstić information content (AvgIpc) is 3.21. The lowest BCUT2D eigenvalue weighted by atomic mass is 9.86. The third-order valence-corrected chi connectivity index (χ3v) is 5.29. The lowest BCUT2D eigenvalue weighted by molar-refractivity contribution is 0.0995. The van der Waals surface area contributed by atoms with Gasteiger partial charge < -0.3 is 10.2 Å². The number of amides is 2. The number of nitrogens with one attached hydrogen (secondary N) is 2. The van der Waals surface area contributed by atoms with E-state index in [1.54, 1.807) is 11.1 Å². The lowest BCUT2D eigenvalue weighted by Crippen LogP contribution is -2.45. The average molecular weight is 359 g/mol. The molecule has 0 unspecified atom stereocenters. The predicted octanol–water partition coefficient (Wildman–Crippen LogP) is 1.68. The number of likely N-dealkylation sites (tertiary alicyclic amines) is 1. The highest BCUT2D eigenvalue weighted by molar-refractivity contribution is 5.73. The van der Waals surface area contributed by atoms with Gasteiger partial charge >= 0.3 is 6.03 Å². The molecule has 0 aliphatic carbocycles. The van der Waals surface area contributed by atoms with Crippen LogP contribution in [0.15, 0.2) is 18.6 Å². The summed E-state index contributed by atoms with van der Waals surface area (Å²) in [7, 11) is 5.97. The first kappa shape index (κ1) is 18.4. The summed E-state index contributed by atoms with van der Waals surface area (Å²) in [6.45, 7) is 4.24. The molecule has 3 heterocycles. The van der Waals surface area contributed by atoms with Crippen molar-refractivity contribution < 1.29 is 4.79 Å². The highest BCUT2D eigenvalue weighted by atomic mass is 16.2. The number of hydrogen-bond acceptors (Lipinski definition) is 4. The number of aromatic amines is 1. The van der Waals surface area contributed by atoms with Crippen LogP contribution in [0, 0.1) is 12.8 Å². The summed E-state index contributed by atoms with van der Waals surface area (Å²) in [5, 5.41) is 14.2. The molecule has 8 nitrogen and oxygen atoms in total. The van der Waals surface area contributed by atoms with Gasteiger partial charge in [0.1, 0.15) is 0 Å². The summed E-state index contributed by atoms with van der Waals surface area (Å²) in [5.74, 6) is 0.393. The maximum absolute atomic E-state index is 12.5. The number of urea groups is 1. The van der Waals surface area contributed by atoms with Crippen LogP contribution in [-0.2, 0) is 13.6 Å². The number of aromatic nitrogens is 4. The number of carbonyl (C=O) groups is 1. The molecule has 1 aliphatic heterocycles. The minimum Gasteiger partial charge on any atom is -0.334 e. The number of piperidine rings is 1. The van der Waals surface area contributed by atoms with Crippen molar-refractivity contribution in [2.75, 3.05) is 27.2 Å². The Bertz CT molecular complexity index is 737. The maximum atomic E-state index is 12.5. The molecule has 1 saturated heterocycles. The molecule has 0 saturated carbocycles. The Morgan fingerprint density at radius 2 is 2.23 bits per heavy atom. The van der Waals surface area contributed by atoms with Crippen LogP contribution in [-0.4, -0.2) is 63.0 Å². The molecule has 1 fully saturated rings. The SMILES string of the molecule is Cc1[nH]ncc1CNC(=O)N(C)C[C@@H]1CCCN(C)[C@H]1c1cnn(C)c1. The van der Waals surface area contributed by atoms with E-state index in [2.05, 4.69) is 38.8 Å². The zero-order valence-corrected chi connectivity index (χ0v) is 16.1. The third kappa shape index (κ3) is 4.07. The van der Waals surface area contributed by atoms with Gasteiger partial charge in [0.2, 0.25) is 0 Å². The van der Waals surface area contributed by atoms with E-state index < -0.39 is 0 Å². The molecule has 2 amide bonds. The van der Waals surface area contributed by atoms with Gasteiger partial charge in [-0.2, -0.15) is 10.2 Å². The van der Waals surface area contributed by atoms with Gasteiger partial charge in [-0.25, -0.2) is 4.79 Å². The monoisotopic (exact) mass is 359 g/mol. The minimum atomic E-state index is -0.0521. The quantitative estimate of drug-likeness (QED) is 0.851. The number of nitrogens with zero attached hydrogens (tertiary/aromatic N) is 5. The van der Waals surface area contributed by atoms with Crippen molar-refractivity contribution in [3.63, 3.8) is 0 Å². The molecule has 2 N–H and O–H groups in total. The molecule has 8 heteroatoms. The van der Waals surface area contributed by atoms with E-state index in [1.165, 1.54) is 5.56 Å². The molecule has 2 atom stereocenters. The van der Waals surface area contributed by atoms with E-state index in [9.17, 15) is 4.79 Å². The van der Waals surface area contributed by atoms with Crippen molar-refractivity contribution in [1.29, 1.82) is 0 Å². The molecule has 3 rings (SSSR count). The number of carbonyl (C=O) groups excluding carboxylic acids is 1. The van der Waals surface area contributed by atoms with Crippen LogP contribution in [0.1, 0.15) is 35.7 Å². The van der Waals surface area contributed by atoms with Crippen LogP contribution in [0.25, 0.3) is 0 Å². The van der Waals surface area contributed by atoms with Gasteiger partial charge in [-0.1, -0.05) is 0 Å². The molecule has 26 heavy (non-hydrogen) atoms. The van der Waals surface area contributed by atoms with Crippen LogP contribution in [0.5, 0.6) is 0 Å². The van der Waals surface area contributed by atoms with Gasteiger partial charge in [0.05, 0.1) is 12.4 Å². The van der Waals surface area contributed by atoms with Crippen molar-refractivity contribution >= 4 is 6.03 Å². The van der Waals surface area contributed by atoms with Crippen molar-refractivity contribution in [3.05, 3.63) is 35.4 Å². The van der Waals surface area contributed by atoms with E-state index in [-0.39, 0.29) is 6.03 Å². The fraction of sp³-hybridized carbons (Fsp3) is 0.611. The van der Waals surface area contributed by atoms with Crippen LogP contribution in [0.3, 0.4) is 0 Å². The highest BCUT2D eigenvalue weighted by Gasteiger charge is 2.32. The smallest absolute Gasteiger partial charge is 0.317 e. The summed E-state index contributed by atoms with van der Waals surface area (Å²) in [6.07, 6.45) is 8.05. The second kappa shape index (κ2) is 7.90. The molecule has 1 aliphatic rings. The zero-order chi connectivity index (χ0) is 18.7. The summed E-state index contributed by atoms with van der Waals surface area (Å²) < 4.78 is 1.85. The normalized spacial score (nSPS) is 20.9. The fourth-order valence-electron chi connectivity index (χ4n) is 3.86. The number of aryl methyl sites for hydroxylation is 2. The first-order chi connectivity index (χ1) is 12.5. The molecule has 142 valence electrons. The zero-order valence-electron chi connectivity index (χ0n) is 16.1.